The fraction of sp³-hybridized carbons (Fsp3) is 0.450. The van der Waals surface area contributed by atoms with Gasteiger partial charge in [-0.3, -0.25) is 24.6 Å². The normalized spacial score (nSPS) is 26.5. The molecule has 0 aliphatic carbocycles. The number of non-ortho nitro benzene ring substituents is 1. The number of carbonyl (C=O) groups is 2. The van der Waals surface area contributed by atoms with Gasteiger partial charge in [-0.25, -0.2) is 0 Å². The molecule has 0 radical (unpaired) electrons. The lowest BCUT2D eigenvalue weighted by Gasteiger charge is -2.52. The summed E-state index contributed by atoms with van der Waals surface area (Å²) in [6.45, 7) is 4.59. The monoisotopic (exact) mass is 414 g/mol. The Kier molecular flexibility index (Phi) is 4.85. The fourth-order valence-corrected chi connectivity index (χ4v) is 5.14. The van der Waals surface area contributed by atoms with Crippen molar-refractivity contribution in [3.63, 3.8) is 0 Å². The maximum atomic E-state index is 13.7. The van der Waals surface area contributed by atoms with E-state index in [-0.39, 0.29) is 35.7 Å². The van der Waals surface area contributed by atoms with Gasteiger partial charge in [-0.15, -0.1) is 6.58 Å². The molecule has 2 saturated heterocycles. The molecule has 2 amide bonds. The standard InChI is InChI=1S/C20H22N4O4S/c1-2-9-23-18(26)20(17(25)21-19(23)29)12-13-11-14(24(27)28)7-8-15(13)22-10-5-3-4-6-16(20)22/h2,7-8,11,16H,1,3-6,9-10,12H2,(H,21,25,29)/t16-,20+/m0/s1. The first kappa shape index (κ1) is 19.5. The summed E-state index contributed by atoms with van der Waals surface area (Å²) in [4.78, 5) is 41.3. The van der Waals surface area contributed by atoms with E-state index >= 15 is 0 Å². The van der Waals surface area contributed by atoms with Crippen LogP contribution in [0.4, 0.5) is 11.4 Å². The minimum Gasteiger partial charge on any atom is -0.367 e. The molecule has 2 atom stereocenters. The molecular formula is C20H22N4O4S. The van der Waals surface area contributed by atoms with Crippen molar-refractivity contribution in [2.75, 3.05) is 18.0 Å². The number of thiocarbonyl (C=S) groups is 1. The molecule has 3 aliphatic rings. The lowest BCUT2D eigenvalue weighted by molar-refractivity contribution is -0.384. The zero-order valence-corrected chi connectivity index (χ0v) is 16.7. The van der Waals surface area contributed by atoms with E-state index in [4.69, 9.17) is 12.2 Å². The van der Waals surface area contributed by atoms with Gasteiger partial charge in [0.2, 0.25) is 11.8 Å². The molecule has 0 saturated carbocycles. The molecule has 8 nitrogen and oxygen atoms in total. The predicted molar refractivity (Wildman–Crippen MR) is 111 cm³/mol. The number of nitro groups is 1. The van der Waals surface area contributed by atoms with Crippen LogP contribution in [0.5, 0.6) is 0 Å². The van der Waals surface area contributed by atoms with Crippen molar-refractivity contribution >= 4 is 40.5 Å². The topological polar surface area (TPSA) is 95.8 Å². The Morgan fingerprint density at radius 2 is 2.14 bits per heavy atom. The van der Waals surface area contributed by atoms with E-state index in [0.717, 1.165) is 24.9 Å². The summed E-state index contributed by atoms with van der Waals surface area (Å²) in [5.74, 6) is -0.762. The van der Waals surface area contributed by atoms with Gasteiger partial charge in [-0.2, -0.15) is 0 Å². The first-order valence-electron chi connectivity index (χ1n) is 9.72. The minimum absolute atomic E-state index is 0.0469. The largest absolute Gasteiger partial charge is 0.367 e. The van der Waals surface area contributed by atoms with Crippen molar-refractivity contribution in [2.45, 2.75) is 38.1 Å². The highest BCUT2D eigenvalue weighted by Crippen LogP contribution is 2.47. The van der Waals surface area contributed by atoms with Crippen LogP contribution in [-0.2, 0) is 16.0 Å². The third kappa shape index (κ3) is 2.91. The number of hydrogen-bond donors (Lipinski definition) is 1. The molecule has 152 valence electrons. The molecule has 4 rings (SSSR count). The van der Waals surface area contributed by atoms with Gasteiger partial charge in [0.25, 0.3) is 5.69 Å². The first-order valence-corrected chi connectivity index (χ1v) is 10.1. The quantitative estimate of drug-likeness (QED) is 0.268. The van der Waals surface area contributed by atoms with Crippen LogP contribution >= 0.6 is 12.2 Å². The van der Waals surface area contributed by atoms with Crippen molar-refractivity contribution in [3.05, 3.63) is 46.5 Å². The van der Waals surface area contributed by atoms with E-state index in [1.807, 2.05) is 0 Å². The van der Waals surface area contributed by atoms with Crippen LogP contribution < -0.4 is 10.2 Å². The Hall–Kier alpha value is -2.81. The second-order valence-corrected chi connectivity index (χ2v) is 8.13. The van der Waals surface area contributed by atoms with Gasteiger partial charge in [0.05, 0.1) is 11.0 Å². The summed E-state index contributed by atoms with van der Waals surface area (Å²) < 4.78 is 0. The Labute approximate surface area is 173 Å². The number of nitrogens with zero attached hydrogens (tertiary/aromatic N) is 3. The Morgan fingerprint density at radius 1 is 1.34 bits per heavy atom. The van der Waals surface area contributed by atoms with E-state index < -0.39 is 16.2 Å². The molecule has 1 aromatic carbocycles. The number of nitro benzene ring substituents is 1. The number of fused-ring (bicyclic) bond motifs is 4. The SMILES string of the molecule is C=CCN1C(=O)[C@@]2(Cc3cc([N+](=O)[O-])ccc3N3CCCCC[C@H]32)C(=O)NC1=S. The number of benzene rings is 1. The maximum absolute atomic E-state index is 13.7. The number of carbonyl (C=O) groups excluding carboxylic acids is 2. The highest BCUT2D eigenvalue weighted by atomic mass is 32.1. The van der Waals surface area contributed by atoms with Crippen LogP contribution in [0.25, 0.3) is 0 Å². The maximum Gasteiger partial charge on any atom is 0.269 e. The molecule has 1 N–H and O–H groups in total. The Balaban J connectivity index is 1.89. The van der Waals surface area contributed by atoms with Crippen molar-refractivity contribution in [3.8, 4) is 0 Å². The molecule has 29 heavy (non-hydrogen) atoms. The molecule has 1 aromatic rings. The van der Waals surface area contributed by atoms with E-state index in [1.54, 1.807) is 12.1 Å². The van der Waals surface area contributed by atoms with E-state index in [1.165, 1.54) is 17.0 Å². The summed E-state index contributed by atoms with van der Waals surface area (Å²) in [5.41, 5.74) is 0.108. The van der Waals surface area contributed by atoms with E-state index in [9.17, 15) is 19.7 Å². The third-order valence-corrected chi connectivity index (χ3v) is 6.51. The fourth-order valence-electron chi connectivity index (χ4n) is 4.89. The molecule has 9 heteroatoms. The van der Waals surface area contributed by atoms with Crippen LogP contribution in [0.15, 0.2) is 30.9 Å². The number of nitrogens with one attached hydrogen (secondary N) is 1. The van der Waals surface area contributed by atoms with E-state index in [2.05, 4.69) is 16.8 Å². The smallest absolute Gasteiger partial charge is 0.269 e. The lowest BCUT2D eigenvalue weighted by Crippen LogP contribution is -2.71. The predicted octanol–water partition coefficient (Wildman–Crippen LogP) is 2.32. The Bertz CT molecular complexity index is 933. The van der Waals surface area contributed by atoms with Gasteiger partial charge in [-0.05, 0) is 36.7 Å². The molecular weight excluding hydrogens is 392 g/mol. The van der Waals surface area contributed by atoms with Gasteiger partial charge in [0, 0.05) is 37.3 Å². The second kappa shape index (κ2) is 7.22. The van der Waals surface area contributed by atoms with Crippen molar-refractivity contribution in [1.82, 2.24) is 10.2 Å². The van der Waals surface area contributed by atoms with Crippen molar-refractivity contribution < 1.29 is 14.5 Å². The van der Waals surface area contributed by atoms with Gasteiger partial charge >= 0.3 is 0 Å². The van der Waals surface area contributed by atoms with Crippen molar-refractivity contribution in [2.24, 2.45) is 5.41 Å². The molecule has 0 bridgehead atoms. The average molecular weight is 414 g/mol. The third-order valence-electron chi connectivity index (χ3n) is 6.18. The summed E-state index contributed by atoms with van der Waals surface area (Å²) in [6, 6.07) is 4.40. The Morgan fingerprint density at radius 3 is 2.86 bits per heavy atom. The highest BCUT2D eigenvalue weighted by molar-refractivity contribution is 7.80. The average Bonchev–Trinajstić information content (AvgIpc) is 2.95. The van der Waals surface area contributed by atoms with Gasteiger partial charge < -0.3 is 10.2 Å². The number of anilines is 1. The summed E-state index contributed by atoms with van der Waals surface area (Å²) >= 11 is 5.23. The van der Waals surface area contributed by atoms with Crippen molar-refractivity contribution in [1.29, 1.82) is 0 Å². The second-order valence-electron chi connectivity index (χ2n) is 7.74. The molecule has 0 aromatic heterocycles. The lowest BCUT2D eigenvalue weighted by atomic mass is 9.67. The molecule has 2 fully saturated rings. The molecule has 3 aliphatic heterocycles. The summed E-state index contributed by atoms with van der Waals surface area (Å²) in [7, 11) is 0. The van der Waals surface area contributed by atoms with Crippen LogP contribution in [0.1, 0.15) is 31.2 Å². The van der Waals surface area contributed by atoms with E-state index in [0.29, 0.717) is 18.5 Å². The van der Waals surface area contributed by atoms with Crippen LogP contribution in [0.3, 0.4) is 0 Å². The summed E-state index contributed by atoms with van der Waals surface area (Å²) in [5, 5.41) is 14.1. The van der Waals surface area contributed by atoms with Crippen LogP contribution in [0.2, 0.25) is 0 Å². The number of amides is 2. The first-order chi connectivity index (χ1) is 13.9. The van der Waals surface area contributed by atoms with Gasteiger partial charge in [-0.1, -0.05) is 18.9 Å². The number of rotatable bonds is 3. The molecule has 3 heterocycles. The van der Waals surface area contributed by atoms with Gasteiger partial charge in [0.1, 0.15) is 0 Å². The summed E-state index contributed by atoms with van der Waals surface area (Å²) in [6.07, 6.45) is 5.25. The van der Waals surface area contributed by atoms with Gasteiger partial charge in [0.15, 0.2) is 10.5 Å². The zero-order chi connectivity index (χ0) is 20.8. The number of hydrogen-bond acceptors (Lipinski definition) is 6. The highest BCUT2D eigenvalue weighted by Gasteiger charge is 2.61. The molecule has 1 spiro atoms. The molecule has 0 unspecified atom stereocenters. The zero-order valence-electron chi connectivity index (χ0n) is 15.9. The van der Waals surface area contributed by atoms with Crippen LogP contribution in [0, 0.1) is 15.5 Å². The minimum atomic E-state index is -1.36. The van der Waals surface area contributed by atoms with Crippen LogP contribution in [-0.4, -0.2) is 45.9 Å².